The number of imidazole rings is 1. The Labute approximate surface area is 102 Å². The maximum absolute atomic E-state index is 5.86. The van der Waals surface area contributed by atoms with Crippen LogP contribution in [0.15, 0.2) is 12.1 Å². The van der Waals surface area contributed by atoms with E-state index in [4.69, 9.17) is 5.73 Å². The van der Waals surface area contributed by atoms with E-state index in [0.29, 0.717) is 5.95 Å². The summed E-state index contributed by atoms with van der Waals surface area (Å²) in [5.41, 5.74) is 13.1. The molecule has 1 aromatic heterocycles. The van der Waals surface area contributed by atoms with Crippen LogP contribution < -0.4 is 5.73 Å². The Morgan fingerprint density at radius 1 is 1.06 bits per heavy atom. The molecule has 0 fully saturated rings. The van der Waals surface area contributed by atoms with Crippen LogP contribution >= 0.6 is 0 Å². The van der Waals surface area contributed by atoms with E-state index in [1.165, 1.54) is 22.3 Å². The summed E-state index contributed by atoms with van der Waals surface area (Å²) in [6.45, 7) is 8.40. The second-order valence-electron chi connectivity index (χ2n) is 4.74. The highest BCUT2D eigenvalue weighted by atomic mass is 15.1. The van der Waals surface area contributed by atoms with Crippen LogP contribution in [-0.4, -0.2) is 9.55 Å². The highest BCUT2D eigenvalue weighted by Crippen LogP contribution is 2.31. The van der Waals surface area contributed by atoms with Crippen molar-refractivity contribution in [1.29, 1.82) is 0 Å². The number of nitrogens with two attached hydrogens (primary N) is 1. The van der Waals surface area contributed by atoms with Gasteiger partial charge in [-0.05, 0) is 38.8 Å². The average molecular weight is 229 g/mol. The molecule has 1 heterocycles. The summed E-state index contributed by atoms with van der Waals surface area (Å²) in [5, 5.41) is 0. The Morgan fingerprint density at radius 3 is 2.00 bits per heavy atom. The van der Waals surface area contributed by atoms with Gasteiger partial charge in [-0.15, -0.1) is 0 Å². The summed E-state index contributed by atoms with van der Waals surface area (Å²) in [6.07, 6.45) is 0. The van der Waals surface area contributed by atoms with Gasteiger partial charge in [-0.1, -0.05) is 17.7 Å². The first kappa shape index (κ1) is 11.7. The topological polar surface area (TPSA) is 43.8 Å². The molecule has 2 rings (SSSR count). The molecule has 2 aromatic rings. The predicted octanol–water partition coefficient (Wildman–Crippen LogP) is 2.90. The third-order valence-electron chi connectivity index (χ3n) is 3.22. The molecule has 3 nitrogen and oxygen atoms in total. The number of rotatable bonds is 1. The van der Waals surface area contributed by atoms with E-state index >= 15 is 0 Å². The molecule has 3 heteroatoms. The second-order valence-corrected chi connectivity index (χ2v) is 4.74. The number of aromatic nitrogens is 2. The van der Waals surface area contributed by atoms with Crippen molar-refractivity contribution in [3.8, 4) is 11.3 Å². The molecule has 0 radical (unpaired) electrons. The Balaban J connectivity index is 2.77. The van der Waals surface area contributed by atoms with Gasteiger partial charge in [-0.3, -0.25) is 0 Å². The molecule has 0 unspecified atom stereocenters. The highest BCUT2D eigenvalue weighted by molar-refractivity contribution is 5.72. The second kappa shape index (κ2) is 3.91. The SMILES string of the molecule is Cc1cc(C)c(-c2c(C)nc(N)n2C)c(C)c1. The monoisotopic (exact) mass is 229 g/mol. The molecule has 0 bridgehead atoms. The van der Waals surface area contributed by atoms with E-state index in [0.717, 1.165) is 11.4 Å². The first-order valence-corrected chi connectivity index (χ1v) is 5.79. The molecule has 0 amide bonds. The highest BCUT2D eigenvalue weighted by Gasteiger charge is 2.15. The third-order valence-corrected chi connectivity index (χ3v) is 3.22. The molecule has 0 saturated heterocycles. The fraction of sp³-hybridized carbons (Fsp3) is 0.357. The normalized spacial score (nSPS) is 10.9. The van der Waals surface area contributed by atoms with Gasteiger partial charge in [0.05, 0.1) is 11.4 Å². The summed E-state index contributed by atoms with van der Waals surface area (Å²) in [6, 6.07) is 4.40. The molecule has 1 aromatic carbocycles. The lowest BCUT2D eigenvalue weighted by Crippen LogP contribution is -2.01. The fourth-order valence-electron chi connectivity index (χ4n) is 2.56. The molecule has 0 aliphatic rings. The van der Waals surface area contributed by atoms with Crippen molar-refractivity contribution in [3.05, 3.63) is 34.5 Å². The number of hydrogen-bond donors (Lipinski definition) is 1. The summed E-state index contributed by atoms with van der Waals surface area (Å²) < 4.78 is 1.96. The molecule has 0 aliphatic carbocycles. The third kappa shape index (κ3) is 1.82. The number of hydrogen-bond acceptors (Lipinski definition) is 2. The molecule has 90 valence electrons. The van der Waals surface area contributed by atoms with E-state index in [9.17, 15) is 0 Å². The minimum absolute atomic E-state index is 0.567. The molecule has 0 saturated carbocycles. The minimum atomic E-state index is 0.567. The van der Waals surface area contributed by atoms with Gasteiger partial charge < -0.3 is 10.3 Å². The fourth-order valence-corrected chi connectivity index (χ4v) is 2.56. The standard InChI is InChI=1S/C14H19N3/c1-8-6-9(2)12(10(3)7-8)13-11(4)16-14(15)17(13)5/h6-7H,1-5H3,(H2,15,16). The van der Waals surface area contributed by atoms with Gasteiger partial charge in [0.15, 0.2) is 0 Å². The quantitative estimate of drug-likeness (QED) is 0.817. The van der Waals surface area contributed by atoms with E-state index in [-0.39, 0.29) is 0 Å². The van der Waals surface area contributed by atoms with Crippen molar-refractivity contribution < 1.29 is 0 Å². The Morgan fingerprint density at radius 2 is 1.59 bits per heavy atom. The maximum atomic E-state index is 5.86. The molecular weight excluding hydrogens is 210 g/mol. The van der Waals surface area contributed by atoms with Crippen LogP contribution in [0.2, 0.25) is 0 Å². The summed E-state index contributed by atoms with van der Waals surface area (Å²) >= 11 is 0. The lowest BCUT2D eigenvalue weighted by Gasteiger charge is -2.13. The van der Waals surface area contributed by atoms with Crippen molar-refractivity contribution in [3.63, 3.8) is 0 Å². The lowest BCUT2D eigenvalue weighted by molar-refractivity contribution is 0.935. The van der Waals surface area contributed by atoms with Crippen molar-refractivity contribution in [2.75, 3.05) is 5.73 Å². The van der Waals surface area contributed by atoms with Gasteiger partial charge >= 0.3 is 0 Å². The van der Waals surface area contributed by atoms with Gasteiger partial charge in [0, 0.05) is 12.6 Å². The van der Waals surface area contributed by atoms with Crippen molar-refractivity contribution in [1.82, 2.24) is 9.55 Å². The van der Waals surface area contributed by atoms with Crippen LogP contribution in [0.4, 0.5) is 5.95 Å². The van der Waals surface area contributed by atoms with E-state index in [1.54, 1.807) is 0 Å². The van der Waals surface area contributed by atoms with Crippen LogP contribution in [0.3, 0.4) is 0 Å². The Kier molecular flexibility index (Phi) is 2.69. The number of benzene rings is 1. The summed E-state index contributed by atoms with van der Waals surface area (Å²) in [7, 11) is 1.96. The summed E-state index contributed by atoms with van der Waals surface area (Å²) in [4.78, 5) is 4.33. The van der Waals surface area contributed by atoms with Crippen molar-refractivity contribution in [2.45, 2.75) is 27.7 Å². The molecule has 0 atom stereocenters. The van der Waals surface area contributed by atoms with E-state index < -0.39 is 0 Å². The van der Waals surface area contributed by atoms with Crippen molar-refractivity contribution >= 4 is 5.95 Å². The van der Waals surface area contributed by atoms with Gasteiger partial charge in [0.1, 0.15) is 0 Å². The van der Waals surface area contributed by atoms with Crippen LogP contribution in [-0.2, 0) is 7.05 Å². The van der Waals surface area contributed by atoms with Gasteiger partial charge in [-0.25, -0.2) is 4.98 Å². The number of aryl methyl sites for hydroxylation is 4. The smallest absolute Gasteiger partial charge is 0.200 e. The largest absolute Gasteiger partial charge is 0.369 e. The van der Waals surface area contributed by atoms with Gasteiger partial charge in [0.2, 0.25) is 5.95 Å². The predicted molar refractivity (Wildman–Crippen MR) is 72.0 cm³/mol. The van der Waals surface area contributed by atoms with Crippen molar-refractivity contribution in [2.24, 2.45) is 7.05 Å². The number of anilines is 1. The summed E-state index contributed by atoms with van der Waals surface area (Å²) in [5.74, 6) is 0.567. The van der Waals surface area contributed by atoms with Crippen LogP contribution in [0, 0.1) is 27.7 Å². The molecule has 0 spiro atoms. The molecule has 0 aliphatic heterocycles. The lowest BCUT2D eigenvalue weighted by atomic mass is 9.96. The Hall–Kier alpha value is -1.77. The zero-order chi connectivity index (χ0) is 12.7. The van der Waals surface area contributed by atoms with E-state index in [2.05, 4.69) is 37.9 Å². The zero-order valence-corrected chi connectivity index (χ0v) is 11.1. The number of nitrogens with zero attached hydrogens (tertiary/aromatic N) is 2. The molecule has 2 N–H and O–H groups in total. The van der Waals surface area contributed by atoms with E-state index in [1.807, 2.05) is 18.5 Å². The zero-order valence-electron chi connectivity index (χ0n) is 11.1. The minimum Gasteiger partial charge on any atom is -0.369 e. The first-order chi connectivity index (χ1) is 7.91. The van der Waals surface area contributed by atoms with Gasteiger partial charge in [-0.2, -0.15) is 0 Å². The molecule has 17 heavy (non-hydrogen) atoms. The van der Waals surface area contributed by atoms with Crippen LogP contribution in [0.5, 0.6) is 0 Å². The van der Waals surface area contributed by atoms with Gasteiger partial charge in [0.25, 0.3) is 0 Å². The maximum Gasteiger partial charge on any atom is 0.200 e. The average Bonchev–Trinajstić information content (AvgIpc) is 2.43. The molecular formula is C14H19N3. The first-order valence-electron chi connectivity index (χ1n) is 5.79. The Bertz CT molecular complexity index is 556. The number of nitrogen functional groups attached to an aromatic ring is 1. The van der Waals surface area contributed by atoms with Crippen LogP contribution in [0.1, 0.15) is 22.4 Å². The van der Waals surface area contributed by atoms with Crippen LogP contribution in [0.25, 0.3) is 11.3 Å².